The van der Waals surface area contributed by atoms with Crippen molar-refractivity contribution in [2.24, 2.45) is 5.73 Å². The molecule has 5 heteroatoms. The molecule has 0 bridgehead atoms. The molecule has 2 aromatic rings. The number of nitrogens with zero attached hydrogens (tertiary/aromatic N) is 3. The Kier molecular flexibility index (Phi) is 4.93. The molecule has 1 aromatic carbocycles. The van der Waals surface area contributed by atoms with Crippen molar-refractivity contribution in [1.29, 1.82) is 0 Å². The minimum Gasteiger partial charge on any atom is -0.325 e. The zero-order valence-electron chi connectivity index (χ0n) is 11.1. The quantitative estimate of drug-likeness (QED) is 0.825. The molecule has 1 heterocycles. The van der Waals surface area contributed by atoms with Crippen molar-refractivity contribution in [3.05, 3.63) is 35.0 Å². The van der Waals surface area contributed by atoms with E-state index in [2.05, 4.69) is 17.2 Å². The molecule has 0 atom stereocenters. The van der Waals surface area contributed by atoms with Gasteiger partial charge in [0.1, 0.15) is 5.69 Å². The maximum absolute atomic E-state index is 6.06. The molecule has 0 aliphatic carbocycles. The normalized spacial score (nSPS) is 10.9. The van der Waals surface area contributed by atoms with Crippen LogP contribution < -0.4 is 5.73 Å². The van der Waals surface area contributed by atoms with E-state index < -0.39 is 0 Å². The highest BCUT2D eigenvalue weighted by Crippen LogP contribution is 2.25. The van der Waals surface area contributed by atoms with Crippen LogP contribution in [0.25, 0.3) is 11.3 Å². The van der Waals surface area contributed by atoms with Crippen LogP contribution in [0.2, 0.25) is 5.02 Å². The van der Waals surface area contributed by atoms with Gasteiger partial charge in [-0.25, -0.2) is 4.68 Å². The fraction of sp³-hybridized carbons (Fsp3) is 0.429. The monoisotopic (exact) mass is 278 g/mol. The standard InChI is InChI=1S/C14H19ClN4/c1-2-3-4-8-19-14(13(10-16)17-18-19)11-6-5-7-12(15)9-11/h5-7,9H,2-4,8,10,16H2,1H3. The van der Waals surface area contributed by atoms with Crippen LogP contribution in [0.15, 0.2) is 24.3 Å². The number of hydrogen-bond donors (Lipinski definition) is 1. The second-order valence-electron chi connectivity index (χ2n) is 4.53. The number of benzene rings is 1. The largest absolute Gasteiger partial charge is 0.325 e. The zero-order chi connectivity index (χ0) is 13.7. The molecule has 0 saturated carbocycles. The van der Waals surface area contributed by atoms with Gasteiger partial charge in [0.25, 0.3) is 0 Å². The number of rotatable bonds is 6. The third kappa shape index (κ3) is 3.33. The van der Waals surface area contributed by atoms with E-state index in [-0.39, 0.29) is 0 Å². The van der Waals surface area contributed by atoms with Crippen LogP contribution in [0.1, 0.15) is 31.9 Å². The lowest BCUT2D eigenvalue weighted by Gasteiger charge is -2.08. The molecular weight excluding hydrogens is 260 g/mol. The highest BCUT2D eigenvalue weighted by Gasteiger charge is 2.13. The fourth-order valence-electron chi connectivity index (χ4n) is 2.11. The van der Waals surface area contributed by atoms with Gasteiger partial charge in [-0.2, -0.15) is 0 Å². The summed E-state index contributed by atoms with van der Waals surface area (Å²) in [5.74, 6) is 0. The molecular formula is C14H19ClN4. The van der Waals surface area contributed by atoms with E-state index in [0.717, 1.165) is 29.9 Å². The average Bonchev–Trinajstić information content (AvgIpc) is 2.82. The van der Waals surface area contributed by atoms with Crippen LogP contribution in [0.4, 0.5) is 0 Å². The number of halogens is 1. The summed E-state index contributed by atoms with van der Waals surface area (Å²) in [5, 5.41) is 9.08. The van der Waals surface area contributed by atoms with Crippen molar-refractivity contribution < 1.29 is 0 Å². The van der Waals surface area contributed by atoms with Crippen LogP contribution in [0, 0.1) is 0 Å². The molecule has 102 valence electrons. The van der Waals surface area contributed by atoms with Gasteiger partial charge in [-0.3, -0.25) is 0 Å². The topological polar surface area (TPSA) is 56.7 Å². The molecule has 2 rings (SSSR count). The van der Waals surface area contributed by atoms with E-state index in [1.54, 1.807) is 0 Å². The summed E-state index contributed by atoms with van der Waals surface area (Å²) in [4.78, 5) is 0. The summed E-state index contributed by atoms with van der Waals surface area (Å²) >= 11 is 6.06. The molecule has 1 aromatic heterocycles. The van der Waals surface area contributed by atoms with E-state index in [1.165, 1.54) is 12.8 Å². The van der Waals surface area contributed by atoms with Crippen LogP contribution >= 0.6 is 11.6 Å². The molecule has 0 aliphatic rings. The number of unbranched alkanes of at least 4 members (excludes halogenated alkanes) is 2. The van der Waals surface area contributed by atoms with Gasteiger partial charge in [-0.05, 0) is 18.6 Å². The van der Waals surface area contributed by atoms with Crippen LogP contribution in [-0.2, 0) is 13.1 Å². The molecule has 0 radical (unpaired) electrons. The van der Waals surface area contributed by atoms with Crippen molar-refractivity contribution in [2.75, 3.05) is 0 Å². The maximum atomic E-state index is 6.06. The summed E-state index contributed by atoms with van der Waals surface area (Å²) in [5.41, 5.74) is 8.57. The molecule has 0 fully saturated rings. The molecule has 0 unspecified atom stereocenters. The summed E-state index contributed by atoms with van der Waals surface area (Å²) in [6.45, 7) is 3.43. The van der Waals surface area contributed by atoms with Gasteiger partial charge >= 0.3 is 0 Å². The number of nitrogens with two attached hydrogens (primary N) is 1. The van der Waals surface area contributed by atoms with Crippen LogP contribution in [0.5, 0.6) is 0 Å². The predicted octanol–water partition coefficient (Wildman–Crippen LogP) is 3.25. The first-order valence-electron chi connectivity index (χ1n) is 6.64. The lowest BCUT2D eigenvalue weighted by molar-refractivity contribution is 0.541. The highest BCUT2D eigenvalue weighted by molar-refractivity contribution is 6.30. The smallest absolute Gasteiger partial charge is 0.104 e. The van der Waals surface area contributed by atoms with Gasteiger partial charge in [0.15, 0.2) is 0 Å². The predicted molar refractivity (Wildman–Crippen MR) is 77.9 cm³/mol. The number of hydrogen-bond acceptors (Lipinski definition) is 3. The van der Waals surface area contributed by atoms with Gasteiger partial charge in [-0.15, -0.1) is 5.10 Å². The lowest BCUT2D eigenvalue weighted by Crippen LogP contribution is -2.04. The van der Waals surface area contributed by atoms with E-state index in [4.69, 9.17) is 17.3 Å². The van der Waals surface area contributed by atoms with Crippen LogP contribution in [0.3, 0.4) is 0 Å². The molecule has 0 aliphatic heterocycles. The van der Waals surface area contributed by atoms with Crippen molar-refractivity contribution in [3.63, 3.8) is 0 Å². The van der Waals surface area contributed by atoms with Crippen molar-refractivity contribution in [3.8, 4) is 11.3 Å². The Labute approximate surface area is 118 Å². The van der Waals surface area contributed by atoms with Crippen molar-refractivity contribution in [2.45, 2.75) is 39.3 Å². The van der Waals surface area contributed by atoms with E-state index >= 15 is 0 Å². The first-order chi connectivity index (χ1) is 9.26. The summed E-state index contributed by atoms with van der Waals surface area (Å²) in [6, 6.07) is 7.73. The number of aromatic nitrogens is 3. The van der Waals surface area contributed by atoms with E-state index in [1.807, 2.05) is 28.9 Å². The second kappa shape index (κ2) is 6.68. The summed E-state index contributed by atoms with van der Waals surface area (Å²) in [6.07, 6.45) is 3.47. The van der Waals surface area contributed by atoms with Gasteiger partial charge < -0.3 is 5.73 Å². The second-order valence-corrected chi connectivity index (χ2v) is 4.97. The Morgan fingerprint density at radius 3 is 2.84 bits per heavy atom. The third-order valence-corrected chi connectivity index (χ3v) is 3.30. The van der Waals surface area contributed by atoms with E-state index in [9.17, 15) is 0 Å². The lowest BCUT2D eigenvalue weighted by atomic mass is 10.1. The molecule has 2 N–H and O–H groups in total. The first-order valence-corrected chi connectivity index (χ1v) is 7.02. The first kappa shape index (κ1) is 14.0. The minimum atomic E-state index is 0.385. The molecule has 19 heavy (non-hydrogen) atoms. The molecule has 0 spiro atoms. The summed E-state index contributed by atoms with van der Waals surface area (Å²) in [7, 11) is 0. The highest BCUT2D eigenvalue weighted by atomic mass is 35.5. The third-order valence-electron chi connectivity index (χ3n) is 3.07. The number of aryl methyl sites for hydroxylation is 1. The summed E-state index contributed by atoms with van der Waals surface area (Å²) < 4.78 is 1.93. The van der Waals surface area contributed by atoms with Gasteiger partial charge in [-0.1, -0.05) is 48.7 Å². The fourth-order valence-corrected chi connectivity index (χ4v) is 2.30. The van der Waals surface area contributed by atoms with Crippen molar-refractivity contribution >= 4 is 11.6 Å². The van der Waals surface area contributed by atoms with Crippen molar-refractivity contribution in [1.82, 2.24) is 15.0 Å². The van der Waals surface area contributed by atoms with Gasteiger partial charge in [0.2, 0.25) is 0 Å². The van der Waals surface area contributed by atoms with Gasteiger partial charge in [0.05, 0.1) is 5.69 Å². The SMILES string of the molecule is CCCCCn1nnc(CN)c1-c1cccc(Cl)c1. The molecule has 0 amide bonds. The van der Waals surface area contributed by atoms with Crippen LogP contribution in [-0.4, -0.2) is 15.0 Å². The Morgan fingerprint density at radius 2 is 2.16 bits per heavy atom. The molecule has 4 nitrogen and oxygen atoms in total. The Morgan fingerprint density at radius 1 is 1.32 bits per heavy atom. The Hall–Kier alpha value is -1.39. The molecule has 0 saturated heterocycles. The minimum absolute atomic E-state index is 0.385. The maximum Gasteiger partial charge on any atom is 0.104 e. The Balaban J connectivity index is 2.33. The van der Waals surface area contributed by atoms with Gasteiger partial charge in [0, 0.05) is 23.7 Å². The average molecular weight is 279 g/mol. The Bertz CT molecular complexity index is 536. The zero-order valence-corrected chi connectivity index (χ0v) is 11.9. The van der Waals surface area contributed by atoms with E-state index in [0.29, 0.717) is 11.6 Å².